The van der Waals surface area contributed by atoms with E-state index in [9.17, 15) is 4.79 Å². The van der Waals surface area contributed by atoms with E-state index in [2.05, 4.69) is 15.5 Å². The summed E-state index contributed by atoms with van der Waals surface area (Å²) >= 11 is 19.3. The molecule has 3 rings (SSSR count). The first kappa shape index (κ1) is 22.7. The maximum absolute atomic E-state index is 12.3. The van der Waals surface area contributed by atoms with Gasteiger partial charge in [0, 0.05) is 12.1 Å². The van der Waals surface area contributed by atoms with E-state index in [1.54, 1.807) is 4.57 Å². The van der Waals surface area contributed by atoms with Crippen LogP contribution in [0.5, 0.6) is 5.75 Å². The summed E-state index contributed by atoms with van der Waals surface area (Å²) in [6.45, 7) is 4.33. The van der Waals surface area contributed by atoms with Crippen LogP contribution in [-0.4, -0.2) is 26.4 Å². The van der Waals surface area contributed by atoms with E-state index in [0.717, 1.165) is 16.9 Å². The molecule has 0 saturated carbocycles. The Morgan fingerprint density at radius 2 is 1.87 bits per heavy atom. The number of anilines is 1. The molecule has 1 heterocycles. The van der Waals surface area contributed by atoms with Gasteiger partial charge in [-0.25, -0.2) is 0 Å². The molecule has 0 aliphatic heterocycles. The van der Waals surface area contributed by atoms with Crippen LogP contribution in [0.4, 0.5) is 5.69 Å². The largest absolute Gasteiger partial charge is 0.485 e. The third-order valence-corrected chi connectivity index (χ3v) is 6.28. The highest BCUT2D eigenvalue weighted by Gasteiger charge is 2.15. The van der Waals surface area contributed by atoms with Crippen molar-refractivity contribution < 1.29 is 9.53 Å². The van der Waals surface area contributed by atoms with Crippen molar-refractivity contribution in [3.63, 3.8) is 0 Å². The maximum atomic E-state index is 12.3. The van der Waals surface area contributed by atoms with Crippen LogP contribution in [0, 0.1) is 13.8 Å². The predicted molar refractivity (Wildman–Crippen MR) is 122 cm³/mol. The number of nitrogens with zero attached hydrogens (tertiary/aromatic N) is 3. The van der Waals surface area contributed by atoms with Gasteiger partial charge in [0.2, 0.25) is 5.91 Å². The van der Waals surface area contributed by atoms with Crippen molar-refractivity contribution in [3.05, 3.63) is 62.4 Å². The Bertz CT molecular complexity index is 1060. The lowest BCUT2D eigenvalue weighted by Crippen LogP contribution is -2.15. The molecule has 0 atom stereocenters. The summed E-state index contributed by atoms with van der Waals surface area (Å²) in [4.78, 5) is 12.3. The predicted octanol–water partition coefficient (Wildman–Crippen LogP) is 5.70. The topological polar surface area (TPSA) is 69.0 Å². The minimum Gasteiger partial charge on any atom is -0.485 e. The number of carbonyl (C=O) groups excluding carboxylic acids is 1. The zero-order chi connectivity index (χ0) is 21.8. The second-order valence-corrected chi connectivity index (χ2v) is 8.72. The van der Waals surface area contributed by atoms with E-state index in [-0.39, 0.29) is 28.3 Å². The Kier molecular flexibility index (Phi) is 7.52. The highest BCUT2D eigenvalue weighted by atomic mass is 35.5. The van der Waals surface area contributed by atoms with Crippen LogP contribution in [0.3, 0.4) is 0 Å². The van der Waals surface area contributed by atoms with Crippen molar-refractivity contribution in [1.82, 2.24) is 14.8 Å². The summed E-state index contributed by atoms with van der Waals surface area (Å²) in [6.07, 6.45) is 0. The number of aromatic nitrogens is 3. The average Bonchev–Trinajstić information content (AvgIpc) is 3.04. The van der Waals surface area contributed by atoms with Crippen LogP contribution in [0.15, 0.2) is 35.5 Å². The van der Waals surface area contributed by atoms with Gasteiger partial charge in [0.05, 0.1) is 21.5 Å². The molecule has 0 radical (unpaired) electrons. The normalized spacial score (nSPS) is 10.9. The number of halogens is 3. The SMILES string of the molecule is Cc1cccc(OCc2nnc(SCC(=O)Nc3c(Cl)cc(Cl)cc3Cl)n2C)c1C. The molecule has 0 unspecified atom stereocenters. The number of rotatable bonds is 7. The first-order chi connectivity index (χ1) is 14.3. The molecule has 0 aliphatic carbocycles. The van der Waals surface area contributed by atoms with Gasteiger partial charge < -0.3 is 14.6 Å². The van der Waals surface area contributed by atoms with Gasteiger partial charge in [-0.15, -0.1) is 10.2 Å². The number of nitrogens with one attached hydrogen (secondary N) is 1. The van der Waals surface area contributed by atoms with E-state index in [4.69, 9.17) is 39.5 Å². The molecule has 3 aromatic rings. The number of aryl methyl sites for hydroxylation is 1. The van der Waals surface area contributed by atoms with Crippen LogP contribution >= 0.6 is 46.6 Å². The molecule has 10 heteroatoms. The summed E-state index contributed by atoms with van der Waals surface area (Å²) in [5, 5.41) is 12.5. The molecular weight excluding hydrogens is 467 g/mol. The second-order valence-electron chi connectivity index (χ2n) is 6.53. The molecule has 158 valence electrons. The van der Waals surface area contributed by atoms with Gasteiger partial charge in [-0.2, -0.15) is 0 Å². The fourth-order valence-electron chi connectivity index (χ4n) is 2.59. The number of benzene rings is 2. The molecule has 0 saturated heterocycles. The highest BCUT2D eigenvalue weighted by Crippen LogP contribution is 2.33. The van der Waals surface area contributed by atoms with E-state index < -0.39 is 0 Å². The van der Waals surface area contributed by atoms with E-state index in [1.807, 2.05) is 39.1 Å². The molecule has 0 fully saturated rings. The van der Waals surface area contributed by atoms with Gasteiger partial charge in [-0.1, -0.05) is 58.7 Å². The standard InChI is InChI=1S/C20H19Cl3N4O2S/c1-11-5-4-6-16(12(11)2)29-9-17-25-26-20(27(17)3)30-10-18(28)24-19-14(22)7-13(21)8-15(19)23/h4-8H,9-10H2,1-3H3,(H,24,28). The number of hydrogen-bond acceptors (Lipinski definition) is 5. The fourth-order valence-corrected chi connectivity index (χ4v) is 4.23. The van der Waals surface area contributed by atoms with Crippen LogP contribution in [0.2, 0.25) is 15.1 Å². The fraction of sp³-hybridized carbons (Fsp3) is 0.250. The third kappa shape index (κ3) is 5.40. The summed E-state index contributed by atoms with van der Waals surface area (Å²) in [5.74, 6) is 1.30. The van der Waals surface area contributed by atoms with E-state index in [1.165, 1.54) is 23.9 Å². The molecule has 0 aliphatic rings. The van der Waals surface area contributed by atoms with Crippen molar-refractivity contribution >= 4 is 58.2 Å². The van der Waals surface area contributed by atoms with Crippen molar-refractivity contribution in [1.29, 1.82) is 0 Å². The molecular formula is C20H19Cl3N4O2S. The minimum absolute atomic E-state index is 0.110. The van der Waals surface area contributed by atoms with Gasteiger partial charge in [-0.3, -0.25) is 4.79 Å². The molecule has 0 spiro atoms. The Hall–Kier alpha value is -1.93. The van der Waals surface area contributed by atoms with Crippen molar-refractivity contribution in [2.75, 3.05) is 11.1 Å². The summed E-state index contributed by atoms with van der Waals surface area (Å²) in [6, 6.07) is 8.94. The average molecular weight is 486 g/mol. The van der Waals surface area contributed by atoms with Gasteiger partial charge in [0.25, 0.3) is 0 Å². The molecule has 1 aromatic heterocycles. The number of ether oxygens (including phenoxy) is 1. The number of carbonyl (C=O) groups is 1. The third-order valence-electron chi connectivity index (χ3n) is 4.44. The van der Waals surface area contributed by atoms with Crippen LogP contribution < -0.4 is 10.1 Å². The van der Waals surface area contributed by atoms with Gasteiger partial charge in [-0.05, 0) is 43.2 Å². The van der Waals surface area contributed by atoms with E-state index >= 15 is 0 Å². The first-order valence-corrected chi connectivity index (χ1v) is 11.0. The van der Waals surface area contributed by atoms with E-state index in [0.29, 0.717) is 21.7 Å². The number of hydrogen-bond donors (Lipinski definition) is 1. The van der Waals surface area contributed by atoms with Gasteiger partial charge in [0.1, 0.15) is 12.4 Å². The molecule has 2 aromatic carbocycles. The zero-order valence-electron chi connectivity index (χ0n) is 16.5. The second kappa shape index (κ2) is 9.92. The zero-order valence-corrected chi connectivity index (χ0v) is 19.6. The van der Waals surface area contributed by atoms with Crippen LogP contribution in [-0.2, 0) is 18.4 Å². The lowest BCUT2D eigenvalue weighted by molar-refractivity contribution is -0.113. The van der Waals surface area contributed by atoms with Crippen LogP contribution in [0.1, 0.15) is 17.0 Å². The van der Waals surface area contributed by atoms with Gasteiger partial charge >= 0.3 is 0 Å². The molecule has 1 amide bonds. The van der Waals surface area contributed by atoms with Gasteiger partial charge in [0.15, 0.2) is 11.0 Å². The lowest BCUT2D eigenvalue weighted by Gasteiger charge is -2.11. The number of thioether (sulfide) groups is 1. The van der Waals surface area contributed by atoms with Crippen molar-refractivity contribution in [2.24, 2.45) is 7.05 Å². The van der Waals surface area contributed by atoms with Crippen molar-refractivity contribution in [2.45, 2.75) is 25.6 Å². The molecule has 6 nitrogen and oxygen atoms in total. The highest BCUT2D eigenvalue weighted by molar-refractivity contribution is 7.99. The molecule has 0 bridgehead atoms. The summed E-state index contributed by atoms with van der Waals surface area (Å²) < 4.78 is 7.68. The Balaban J connectivity index is 1.59. The molecule has 30 heavy (non-hydrogen) atoms. The Labute approximate surface area is 193 Å². The Morgan fingerprint density at radius 1 is 1.17 bits per heavy atom. The lowest BCUT2D eigenvalue weighted by atomic mass is 10.1. The summed E-state index contributed by atoms with van der Waals surface area (Å²) in [7, 11) is 1.83. The van der Waals surface area contributed by atoms with Crippen molar-refractivity contribution in [3.8, 4) is 5.75 Å². The number of amides is 1. The maximum Gasteiger partial charge on any atom is 0.234 e. The minimum atomic E-state index is -0.276. The Morgan fingerprint density at radius 3 is 2.57 bits per heavy atom. The monoisotopic (exact) mass is 484 g/mol. The first-order valence-electron chi connectivity index (χ1n) is 8.90. The smallest absolute Gasteiger partial charge is 0.234 e. The summed E-state index contributed by atoms with van der Waals surface area (Å²) in [5.41, 5.74) is 2.58. The molecule has 1 N–H and O–H groups in total. The quantitative estimate of drug-likeness (QED) is 0.435. The van der Waals surface area contributed by atoms with Crippen LogP contribution in [0.25, 0.3) is 0 Å².